The summed E-state index contributed by atoms with van der Waals surface area (Å²) in [6, 6.07) is -1.51. The van der Waals surface area contributed by atoms with Crippen LogP contribution >= 0.6 is 0 Å². The molecule has 1 saturated heterocycles. The lowest BCUT2D eigenvalue weighted by molar-refractivity contribution is -0.131. The minimum atomic E-state index is -1.29. The number of nitrogens with one attached hydrogen (secondary N) is 3. The van der Waals surface area contributed by atoms with Crippen molar-refractivity contribution >= 4 is 23.8 Å². The highest BCUT2D eigenvalue weighted by Gasteiger charge is 2.23. The van der Waals surface area contributed by atoms with Crippen molar-refractivity contribution in [3.05, 3.63) is 12.2 Å². The number of carbonyl (C=O) groups is 4. The fourth-order valence-corrected chi connectivity index (χ4v) is 1.40. The van der Waals surface area contributed by atoms with Crippen LogP contribution in [0.15, 0.2) is 12.2 Å². The van der Waals surface area contributed by atoms with Gasteiger partial charge in [-0.15, -0.1) is 0 Å². The van der Waals surface area contributed by atoms with Gasteiger partial charge in [-0.2, -0.15) is 0 Å². The first-order valence-electron chi connectivity index (χ1n) is 5.29. The summed E-state index contributed by atoms with van der Waals surface area (Å²) in [6.07, 6.45) is 2.56. The van der Waals surface area contributed by atoms with Crippen molar-refractivity contribution in [1.29, 1.82) is 0 Å². The molecule has 0 bridgehead atoms. The van der Waals surface area contributed by atoms with Crippen LogP contribution in [0.4, 0.5) is 4.79 Å². The Balaban J connectivity index is 2.39. The Kier molecular flexibility index (Phi) is 4.85. The Morgan fingerprint density at radius 3 is 2.67 bits per heavy atom. The lowest BCUT2D eigenvalue weighted by atomic mass is 10.1. The van der Waals surface area contributed by atoms with Crippen LogP contribution in [-0.2, 0) is 14.4 Å². The Morgan fingerprint density at radius 2 is 2.06 bits per heavy atom. The summed E-state index contributed by atoms with van der Waals surface area (Å²) in [4.78, 5) is 43.8. The van der Waals surface area contributed by atoms with Crippen molar-refractivity contribution in [2.24, 2.45) is 0 Å². The zero-order chi connectivity index (χ0) is 13.5. The van der Waals surface area contributed by atoms with E-state index in [9.17, 15) is 19.2 Å². The standard InChI is InChI=1S/C10H13N3O5/c14-7(3-4-8(15)16)13-10(18)12-6-2-1-5-11-9(6)17/h3-4,6H,1-2,5H2,(H,11,17)(H,15,16)(H2,12,13,14,18). The second-order valence-electron chi connectivity index (χ2n) is 3.62. The van der Waals surface area contributed by atoms with Gasteiger partial charge in [0.25, 0.3) is 5.91 Å². The van der Waals surface area contributed by atoms with Crippen LogP contribution in [0, 0.1) is 0 Å². The van der Waals surface area contributed by atoms with Crippen LogP contribution in [0.2, 0.25) is 0 Å². The van der Waals surface area contributed by atoms with Crippen molar-refractivity contribution in [3.8, 4) is 0 Å². The maximum absolute atomic E-state index is 11.3. The number of piperidine rings is 1. The fourth-order valence-electron chi connectivity index (χ4n) is 1.40. The van der Waals surface area contributed by atoms with E-state index in [-0.39, 0.29) is 5.91 Å². The summed E-state index contributed by atoms with van der Waals surface area (Å²) in [7, 11) is 0. The molecule has 0 saturated carbocycles. The number of carbonyl (C=O) groups excluding carboxylic acids is 3. The van der Waals surface area contributed by atoms with E-state index >= 15 is 0 Å². The van der Waals surface area contributed by atoms with Crippen LogP contribution in [-0.4, -0.2) is 41.5 Å². The van der Waals surface area contributed by atoms with E-state index in [1.54, 1.807) is 0 Å². The molecule has 1 fully saturated rings. The SMILES string of the molecule is O=C(O)C=CC(=O)NC(=O)NC1CCCNC1=O. The molecule has 1 aliphatic heterocycles. The molecule has 0 aromatic heterocycles. The molecule has 0 aromatic carbocycles. The normalized spacial score (nSPS) is 19.1. The molecule has 0 aromatic rings. The van der Waals surface area contributed by atoms with Gasteiger partial charge in [0.15, 0.2) is 0 Å². The Labute approximate surface area is 102 Å². The Morgan fingerprint density at radius 1 is 1.33 bits per heavy atom. The summed E-state index contributed by atoms with van der Waals surface area (Å²) in [5, 5.41) is 15.1. The molecule has 4 N–H and O–H groups in total. The topological polar surface area (TPSA) is 125 Å². The van der Waals surface area contributed by atoms with E-state index in [1.165, 1.54) is 0 Å². The molecule has 1 heterocycles. The summed E-state index contributed by atoms with van der Waals surface area (Å²) in [6.45, 7) is 0.568. The highest BCUT2D eigenvalue weighted by atomic mass is 16.4. The number of urea groups is 1. The van der Waals surface area contributed by atoms with Gasteiger partial charge in [0.1, 0.15) is 6.04 Å². The minimum absolute atomic E-state index is 0.301. The van der Waals surface area contributed by atoms with Crippen LogP contribution in [0.5, 0.6) is 0 Å². The monoisotopic (exact) mass is 255 g/mol. The first kappa shape index (κ1) is 13.7. The maximum atomic E-state index is 11.3. The zero-order valence-corrected chi connectivity index (χ0v) is 9.43. The van der Waals surface area contributed by atoms with Gasteiger partial charge in [-0.05, 0) is 12.8 Å². The molecule has 1 aliphatic rings. The highest BCUT2D eigenvalue weighted by Crippen LogP contribution is 2.02. The molecule has 0 radical (unpaired) electrons. The molecular weight excluding hydrogens is 242 g/mol. The largest absolute Gasteiger partial charge is 0.478 e. The molecule has 1 rings (SSSR count). The molecule has 0 aliphatic carbocycles. The van der Waals surface area contributed by atoms with Crippen LogP contribution in [0.1, 0.15) is 12.8 Å². The quantitative estimate of drug-likeness (QED) is 0.468. The van der Waals surface area contributed by atoms with E-state index in [2.05, 4.69) is 10.6 Å². The molecule has 1 unspecified atom stereocenters. The first-order valence-corrected chi connectivity index (χ1v) is 5.29. The predicted molar refractivity (Wildman–Crippen MR) is 59.5 cm³/mol. The van der Waals surface area contributed by atoms with Gasteiger partial charge in [0.2, 0.25) is 5.91 Å². The number of amides is 4. The number of hydrogen-bond donors (Lipinski definition) is 4. The molecule has 18 heavy (non-hydrogen) atoms. The maximum Gasteiger partial charge on any atom is 0.328 e. The summed E-state index contributed by atoms with van der Waals surface area (Å²) >= 11 is 0. The van der Waals surface area contributed by atoms with Gasteiger partial charge in [0.05, 0.1) is 0 Å². The van der Waals surface area contributed by atoms with Crippen LogP contribution < -0.4 is 16.0 Å². The second kappa shape index (κ2) is 6.38. The van der Waals surface area contributed by atoms with Crippen molar-refractivity contribution in [2.45, 2.75) is 18.9 Å². The first-order chi connectivity index (χ1) is 8.49. The summed E-state index contributed by atoms with van der Waals surface area (Å²) in [5.41, 5.74) is 0. The predicted octanol–water partition coefficient (Wildman–Crippen LogP) is -1.27. The lowest BCUT2D eigenvalue weighted by Crippen LogP contribution is -2.53. The van der Waals surface area contributed by atoms with E-state index in [0.717, 1.165) is 6.42 Å². The minimum Gasteiger partial charge on any atom is -0.478 e. The van der Waals surface area contributed by atoms with Gasteiger partial charge < -0.3 is 15.7 Å². The van der Waals surface area contributed by atoms with Gasteiger partial charge >= 0.3 is 12.0 Å². The van der Waals surface area contributed by atoms with Gasteiger partial charge in [-0.3, -0.25) is 14.9 Å². The van der Waals surface area contributed by atoms with E-state index in [0.29, 0.717) is 25.1 Å². The van der Waals surface area contributed by atoms with Crippen LogP contribution in [0.25, 0.3) is 0 Å². The molecule has 8 nitrogen and oxygen atoms in total. The summed E-state index contributed by atoms with van der Waals surface area (Å²) in [5.74, 6) is -2.46. The fraction of sp³-hybridized carbons (Fsp3) is 0.400. The number of carboxylic acids is 1. The molecule has 8 heteroatoms. The molecule has 4 amide bonds. The van der Waals surface area contributed by atoms with Crippen molar-refractivity contribution in [1.82, 2.24) is 16.0 Å². The highest BCUT2D eigenvalue weighted by molar-refractivity contribution is 6.03. The average molecular weight is 255 g/mol. The number of aliphatic carboxylic acids is 1. The van der Waals surface area contributed by atoms with E-state index in [1.807, 2.05) is 5.32 Å². The van der Waals surface area contributed by atoms with Gasteiger partial charge in [0, 0.05) is 18.7 Å². The van der Waals surface area contributed by atoms with Gasteiger partial charge in [-0.1, -0.05) is 0 Å². The third-order valence-electron chi connectivity index (χ3n) is 2.20. The van der Waals surface area contributed by atoms with Gasteiger partial charge in [-0.25, -0.2) is 9.59 Å². The molecular formula is C10H13N3O5. The van der Waals surface area contributed by atoms with E-state index in [4.69, 9.17) is 5.11 Å². The smallest absolute Gasteiger partial charge is 0.328 e. The number of carboxylic acid groups (broad SMARTS) is 1. The van der Waals surface area contributed by atoms with Crippen molar-refractivity contribution < 1.29 is 24.3 Å². The lowest BCUT2D eigenvalue weighted by Gasteiger charge is -2.22. The number of hydrogen-bond acceptors (Lipinski definition) is 4. The molecule has 1 atom stereocenters. The molecule has 98 valence electrons. The second-order valence-corrected chi connectivity index (χ2v) is 3.62. The Bertz CT molecular complexity index is 404. The Hall–Kier alpha value is -2.38. The van der Waals surface area contributed by atoms with Crippen molar-refractivity contribution in [2.75, 3.05) is 6.54 Å². The third kappa shape index (κ3) is 4.64. The third-order valence-corrected chi connectivity index (χ3v) is 2.20. The zero-order valence-electron chi connectivity index (χ0n) is 9.43. The average Bonchev–Trinajstić information content (AvgIpc) is 2.29. The van der Waals surface area contributed by atoms with Crippen molar-refractivity contribution in [3.63, 3.8) is 0 Å². The molecule has 0 spiro atoms. The summed E-state index contributed by atoms with van der Waals surface area (Å²) < 4.78 is 0. The number of rotatable bonds is 3. The van der Waals surface area contributed by atoms with E-state index < -0.39 is 23.9 Å². The van der Waals surface area contributed by atoms with Crippen LogP contribution in [0.3, 0.4) is 0 Å². The number of imide groups is 1.